The van der Waals surface area contributed by atoms with Gasteiger partial charge in [0.25, 0.3) is 0 Å². The topological polar surface area (TPSA) is 38.1 Å². The summed E-state index contributed by atoms with van der Waals surface area (Å²) in [5.74, 6) is 1.71. The molecule has 2 aromatic heterocycles. The van der Waals surface area contributed by atoms with Gasteiger partial charge < -0.3 is 9.73 Å². The molecule has 3 heteroatoms. The number of aromatic nitrogens is 1. The smallest absolute Gasteiger partial charge is 0.139 e. The van der Waals surface area contributed by atoms with Crippen molar-refractivity contribution in [3.8, 4) is 0 Å². The van der Waals surface area contributed by atoms with Crippen LogP contribution in [0.5, 0.6) is 0 Å². The van der Waals surface area contributed by atoms with Crippen molar-refractivity contribution in [3.05, 3.63) is 24.6 Å². The molecule has 1 atom stereocenters. The maximum Gasteiger partial charge on any atom is 0.139 e. The van der Waals surface area contributed by atoms with E-state index in [2.05, 4.69) is 24.1 Å². The Labute approximate surface area is 94.9 Å². The van der Waals surface area contributed by atoms with Crippen molar-refractivity contribution in [2.45, 2.75) is 20.3 Å². The standard InChI is InChI=1S/C13H16N2O/c1-13(2)7-9(13)8-15-12-10-4-6-16-11(10)3-5-14-12/h3-6,9H,7-8H2,1-2H3,(H,14,15). The molecule has 1 aliphatic rings. The summed E-state index contributed by atoms with van der Waals surface area (Å²) in [5, 5.41) is 4.49. The SMILES string of the molecule is CC1(C)CC1CNc1nccc2occc12. The molecule has 0 amide bonds. The minimum atomic E-state index is 0.511. The van der Waals surface area contributed by atoms with Gasteiger partial charge in [-0.2, -0.15) is 0 Å². The first kappa shape index (κ1) is 9.70. The van der Waals surface area contributed by atoms with Crippen molar-refractivity contribution in [1.82, 2.24) is 4.98 Å². The number of rotatable bonds is 3. The highest BCUT2D eigenvalue weighted by molar-refractivity contribution is 5.87. The van der Waals surface area contributed by atoms with E-state index in [9.17, 15) is 0 Å². The average Bonchev–Trinajstić information content (AvgIpc) is 2.68. The highest BCUT2D eigenvalue weighted by Crippen LogP contribution is 2.51. The molecule has 3 rings (SSSR count). The first-order chi connectivity index (χ1) is 7.67. The molecular weight excluding hydrogens is 200 g/mol. The molecule has 1 saturated carbocycles. The molecule has 0 aromatic carbocycles. The van der Waals surface area contributed by atoms with E-state index >= 15 is 0 Å². The van der Waals surface area contributed by atoms with Gasteiger partial charge in [0, 0.05) is 12.7 Å². The first-order valence-corrected chi connectivity index (χ1v) is 5.73. The molecule has 84 valence electrons. The largest absolute Gasteiger partial charge is 0.464 e. The van der Waals surface area contributed by atoms with Gasteiger partial charge in [0.05, 0.1) is 11.6 Å². The molecule has 2 heterocycles. The number of anilines is 1. The molecule has 1 N–H and O–H groups in total. The molecular formula is C13H16N2O. The summed E-state index contributed by atoms with van der Waals surface area (Å²) in [6, 6.07) is 3.85. The van der Waals surface area contributed by atoms with Crippen molar-refractivity contribution in [2.24, 2.45) is 11.3 Å². The third kappa shape index (κ3) is 1.56. The van der Waals surface area contributed by atoms with Crippen LogP contribution in [0, 0.1) is 11.3 Å². The highest BCUT2D eigenvalue weighted by atomic mass is 16.3. The molecule has 0 bridgehead atoms. The minimum absolute atomic E-state index is 0.511. The number of nitrogens with zero attached hydrogens (tertiary/aromatic N) is 1. The van der Waals surface area contributed by atoms with Gasteiger partial charge in [0.1, 0.15) is 11.4 Å². The van der Waals surface area contributed by atoms with Gasteiger partial charge in [-0.15, -0.1) is 0 Å². The van der Waals surface area contributed by atoms with Crippen LogP contribution in [-0.4, -0.2) is 11.5 Å². The summed E-state index contributed by atoms with van der Waals surface area (Å²) in [4.78, 5) is 4.36. The Hall–Kier alpha value is -1.51. The third-order valence-electron chi connectivity index (χ3n) is 3.61. The van der Waals surface area contributed by atoms with Crippen molar-refractivity contribution in [2.75, 3.05) is 11.9 Å². The highest BCUT2D eigenvalue weighted by Gasteiger charge is 2.45. The van der Waals surface area contributed by atoms with Gasteiger partial charge in [0.2, 0.25) is 0 Å². The molecule has 0 radical (unpaired) electrons. The zero-order valence-electron chi connectivity index (χ0n) is 9.66. The number of fused-ring (bicyclic) bond motifs is 1. The Balaban J connectivity index is 1.77. The van der Waals surface area contributed by atoms with Crippen LogP contribution in [0.4, 0.5) is 5.82 Å². The van der Waals surface area contributed by atoms with E-state index in [0.717, 1.165) is 29.2 Å². The van der Waals surface area contributed by atoms with Crippen molar-refractivity contribution in [1.29, 1.82) is 0 Å². The lowest BCUT2D eigenvalue weighted by Crippen LogP contribution is -2.08. The molecule has 1 unspecified atom stereocenters. The summed E-state index contributed by atoms with van der Waals surface area (Å²) in [6.45, 7) is 5.63. The monoisotopic (exact) mass is 216 g/mol. The normalized spacial score (nSPS) is 22.2. The van der Waals surface area contributed by atoms with Crippen LogP contribution in [0.1, 0.15) is 20.3 Å². The lowest BCUT2D eigenvalue weighted by molar-refractivity contribution is 0.573. The fourth-order valence-corrected chi connectivity index (χ4v) is 2.18. The lowest BCUT2D eigenvalue weighted by Gasteiger charge is -2.07. The zero-order chi connectivity index (χ0) is 11.2. The quantitative estimate of drug-likeness (QED) is 0.855. The molecule has 0 spiro atoms. The predicted octanol–water partition coefficient (Wildman–Crippen LogP) is 3.29. The Kier molecular flexibility index (Phi) is 1.96. The van der Waals surface area contributed by atoms with Crippen LogP contribution < -0.4 is 5.32 Å². The van der Waals surface area contributed by atoms with Crippen LogP contribution in [0.2, 0.25) is 0 Å². The van der Waals surface area contributed by atoms with E-state index in [0.29, 0.717) is 5.41 Å². The van der Waals surface area contributed by atoms with Crippen molar-refractivity contribution in [3.63, 3.8) is 0 Å². The fraction of sp³-hybridized carbons (Fsp3) is 0.462. The minimum Gasteiger partial charge on any atom is -0.464 e. The Morgan fingerprint density at radius 1 is 1.50 bits per heavy atom. The van der Waals surface area contributed by atoms with E-state index in [-0.39, 0.29) is 0 Å². The van der Waals surface area contributed by atoms with Crippen LogP contribution in [0.3, 0.4) is 0 Å². The lowest BCUT2D eigenvalue weighted by atomic mass is 10.1. The maximum absolute atomic E-state index is 5.34. The van der Waals surface area contributed by atoms with Gasteiger partial charge >= 0.3 is 0 Å². The van der Waals surface area contributed by atoms with Gasteiger partial charge in [0.15, 0.2) is 0 Å². The second-order valence-corrected chi connectivity index (χ2v) is 5.26. The molecule has 3 nitrogen and oxygen atoms in total. The molecule has 0 aliphatic heterocycles. The zero-order valence-corrected chi connectivity index (χ0v) is 9.66. The van der Waals surface area contributed by atoms with E-state index < -0.39 is 0 Å². The van der Waals surface area contributed by atoms with Crippen molar-refractivity contribution < 1.29 is 4.42 Å². The maximum atomic E-state index is 5.34. The summed E-state index contributed by atoms with van der Waals surface area (Å²) in [6.07, 6.45) is 4.80. The summed E-state index contributed by atoms with van der Waals surface area (Å²) in [7, 11) is 0. The summed E-state index contributed by atoms with van der Waals surface area (Å²) < 4.78 is 5.34. The van der Waals surface area contributed by atoms with Gasteiger partial charge in [-0.05, 0) is 29.9 Å². The van der Waals surface area contributed by atoms with Gasteiger partial charge in [-0.3, -0.25) is 0 Å². The van der Waals surface area contributed by atoms with Gasteiger partial charge in [-0.1, -0.05) is 13.8 Å². The summed E-state index contributed by atoms with van der Waals surface area (Å²) >= 11 is 0. The number of nitrogens with one attached hydrogen (secondary N) is 1. The Morgan fingerprint density at radius 3 is 3.06 bits per heavy atom. The second kappa shape index (κ2) is 3.24. The van der Waals surface area contributed by atoms with Crippen LogP contribution in [0.15, 0.2) is 29.0 Å². The Bertz CT molecular complexity index is 515. The molecule has 2 aromatic rings. The van der Waals surface area contributed by atoms with E-state index in [1.807, 2.05) is 12.1 Å². The predicted molar refractivity (Wildman–Crippen MR) is 64.4 cm³/mol. The van der Waals surface area contributed by atoms with Gasteiger partial charge in [-0.25, -0.2) is 4.98 Å². The average molecular weight is 216 g/mol. The summed E-state index contributed by atoms with van der Waals surface area (Å²) in [5.41, 5.74) is 1.41. The number of hydrogen-bond acceptors (Lipinski definition) is 3. The number of hydrogen-bond donors (Lipinski definition) is 1. The molecule has 1 aliphatic carbocycles. The third-order valence-corrected chi connectivity index (χ3v) is 3.61. The van der Waals surface area contributed by atoms with Crippen LogP contribution in [0.25, 0.3) is 11.0 Å². The van der Waals surface area contributed by atoms with E-state index in [4.69, 9.17) is 4.42 Å². The number of pyridine rings is 1. The van der Waals surface area contributed by atoms with Crippen LogP contribution >= 0.6 is 0 Å². The molecule has 16 heavy (non-hydrogen) atoms. The number of furan rings is 1. The Morgan fingerprint density at radius 2 is 2.31 bits per heavy atom. The van der Waals surface area contributed by atoms with Crippen LogP contribution in [-0.2, 0) is 0 Å². The second-order valence-electron chi connectivity index (χ2n) is 5.26. The van der Waals surface area contributed by atoms with E-state index in [1.165, 1.54) is 6.42 Å². The first-order valence-electron chi connectivity index (χ1n) is 5.73. The van der Waals surface area contributed by atoms with Crippen molar-refractivity contribution >= 4 is 16.8 Å². The fourth-order valence-electron chi connectivity index (χ4n) is 2.18. The van der Waals surface area contributed by atoms with E-state index in [1.54, 1.807) is 12.5 Å². The molecule has 0 saturated heterocycles. The molecule has 1 fully saturated rings.